The van der Waals surface area contributed by atoms with Gasteiger partial charge in [0.2, 0.25) is 0 Å². The summed E-state index contributed by atoms with van der Waals surface area (Å²) in [6.07, 6.45) is 12.9. The van der Waals surface area contributed by atoms with E-state index in [0.717, 1.165) is 17.1 Å². The quantitative estimate of drug-likeness (QED) is 0.150. The van der Waals surface area contributed by atoms with Gasteiger partial charge in [-0.3, -0.25) is 0 Å². The molecule has 262 valence electrons. The molecule has 6 aromatic rings. The van der Waals surface area contributed by atoms with Gasteiger partial charge in [-0.2, -0.15) is 0 Å². The molecule has 6 aromatic carbocycles. The Morgan fingerprint density at radius 2 is 1.17 bits per heavy atom. The van der Waals surface area contributed by atoms with Gasteiger partial charge in [-0.15, -0.1) is 0 Å². The van der Waals surface area contributed by atoms with Gasteiger partial charge in [-0.25, -0.2) is 0 Å². The summed E-state index contributed by atoms with van der Waals surface area (Å²) in [7, 11) is 0. The van der Waals surface area contributed by atoms with E-state index in [1.807, 2.05) is 6.08 Å². The second-order valence-corrected chi connectivity index (χ2v) is 15.2. The lowest BCUT2D eigenvalue weighted by atomic mass is 9.67. The van der Waals surface area contributed by atoms with Crippen LogP contribution in [-0.2, 0) is 10.8 Å². The van der Waals surface area contributed by atoms with Gasteiger partial charge in [0.05, 0.1) is 5.41 Å². The fraction of sp³-hybridized carbons (Fsp3) is 0.132. The number of allylic oxidation sites excluding steroid dienone is 8. The van der Waals surface area contributed by atoms with Crippen molar-refractivity contribution in [2.24, 2.45) is 0 Å². The molecule has 0 radical (unpaired) electrons. The van der Waals surface area contributed by atoms with Crippen LogP contribution in [0.5, 0.6) is 0 Å². The third-order valence-electron chi connectivity index (χ3n) is 12.1. The first-order valence-electron chi connectivity index (χ1n) is 19.1. The minimum atomic E-state index is -0.460. The molecule has 3 aliphatic rings. The lowest BCUT2D eigenvalue weighted by Gasteiger charge is -2.33. The Balaban J connectivity index is 1.26. The molecule has 1 nitrogen and oxygen atoms in total. The largest absolute Gasteiger partial charge is 0.311 e. The van der Waals surface area contributed by atoms with E-state index in [1.165, 1.54) is 77.9 Å². The average molecular weight is 696 g/mol. The molecule has 9 rings (SSSR count). The number of anilines is 2. The summed E-state index contributed by atoms with van der Waals surface area (Å²) in [5.74, 6) is 0. The molecular formula is C53H45N. The highest BCUT2D eigenvalue weighted by Gasteiger charge is 2.52. The van der Waals surface area contributed by atoms with Crippen LogP contribution in [0.2, 0.25) is 0 Å². The van der Waals surface area contributed by atoms with Gasteiger partial charge in [0.15, 0.2) is 0 Å². The van der Waals surface area contributed by atoms with E-state index < -0.39 is 5.41 Å². The van der Waals surface area contributed by atoms with Crippen molar-refractivity contribution in [2.45, 2.75) is 45.4 Å². The Labute approximate surface area is 320 Å². The number of fused-ring (bicyclic) bond motifs is 10. The van der Waals surface area contributed by atoms with Crippen molar-refractivity contribution in [2.75, 3.05) is 4.90 Å². The smallest absolute Gasteiger partial charge is 0.0728 e. The first-order valence-corrected chi connectivity index (χ1v) is 19.1. The molecule has 0 atom stereocenters. The van der Waals surface area contributed by atoms with Crippen molar-refractivity contribution in [3.8, 4) is 33.4 Å². The zero-order valence-corrected chi connectivity index (χ0v) is 31.8. The first-order chi connectivity index (χ1) is 26.4. The maximum absolute atomic E-state index is 4.06. The molecule has 0 bridgehead atoms. The van der Waals surface area contributed by atoms with Crippen molar-refractivity contribution in [3.05, 3.63) is 221 Å². The molecule has 0 unspecified atom stereocenters. The van der Waals surface area contributed by atoms with E-state index in [0.29, 0.717) is 0 Å². The standard InChI is InChI=1S/C53H45N/c1-7-10-27-46-35(4)40-25-18-26-41(51(40)53(46)48-29-15-12-23-43(48)44-24-13-16-30-49(44)53)36-20-17-21-38(33-36)54(37(9-3)19-8-2)39-31-32-45-42-22-11-14-28-47(42)52(5,6)50(45)34-39/h7-34H,1H2,2-6H3/b19-8-,27-10-,37-9+. The van der Waals surface area contributed by atoms with Crippen molar-refractivity contribution < 1.29 is 0 Å². The Morgan fingerprint density at radius 1 is 0.593 bits per heavy atom. The number of benzene rings is 6. The number of hydrogen-bond acceptors (Lipinski definition) is 1. The van der Waals surface area contributed by atoms with Gasteiger partial charge in [-0.1, -0.05) is 160 Å². The van der Waals surface area contributed by atoms with Crippen molar-refractivity contribution >= 4 is 16.9 Å². The van der Waals surface area contributed by atoms with Gasteiger partial charge >= 0.3 is 0 Å². The predicted octanol–water partition coefficient (Wildman–Crippen LogP) is 14.1. The lowest BCUT2D eigenvalue weighted by molar-refractivity contribution is 0.660. The molecule has 0 saturated heterocycles. The molecule has 0 N–H and O–H groups in total. The van der Waals surface area contributed by atoms with Crippen LogP contribution in [0.15, 0.2) is 188 Å². The van der Waals surface area contributed by atoms with Crippen LogP contribution in [-0.4, -0.2) is 0 Å². The molecule has 3 aliphatic carbocycles. The second kappa shape index (κ2) is 12.7. The molecule has 1 heteroatoms. The Hall–Kier alpha value is -6.18. The fourth-order valence-electron chi connectivity index (χ4n) is 9.84. The maximum Gasteiger partial charge on any atom is 0.0728 e. The average Bonchev–Trinajstić information content (AvgIpc) is 3.74. The Morgan fingerprint density at radius 3 is 1.83 bits per heavy atom. The third-order valence-corrected chi connectivity index (χ3v) is 12.1. The van der Waals surface area contributed by atoms with Crippen LogP contribution >= 0.6 is 0 Å². The third kappa shape index (κ3) is 4.64. The van der Waals surface area contributed by atoms with Crippen molar-refractivity contribution in [3.63, 3.8) is 0 Å². The lowest BCUT2D eigenvalue weighted by Crippen LogP contribution is -2.27. The highest BCUT2D eigenvalue weighted by atomic mass is 15.1. The van der Waals surface area contributed by atoms with E-state index >= 15 is 0 Å². The summed E-state index contributed by atoms with van der Waals surface area (Å²) >= 11 is 0. The molecule has 0 aromatic heterocycles. The summed E-state index contributed by atoms with van der Waals surface area (Å²) in [5.41, 5.74) is 21.3. The van der Waals surface area contributed by atoms with E-state index in [1.54, 1.807) is 0 Å². The van der Waals surface area contributed by atoms with Gasteiger partial charge in [0.1, 0.15) is 0 Å². The zero-order chi connectivity index (χ0) is 37.2. The summed E-state index contributed by atoms with van der Waals surface area (Å²) in [6.45, 7) is 15.3. The molecule has 0 fully saturated rings. The van der Waals surface area contributed by atoms with Gasteiger partial charge in [0, 0.05) is 22.5 Å². The van der Waals surface area contributed by atoms with E-state index in [-0.39, 0.29) is 5.41 Å². The van der Waals surface area contributed by atoms with Crippen molar-refractivity contribution in [1.82, 2.24) is 0 Å². The molecule has 54 heavy (non-hydrogen) atoms. The highest BCUT2D eigenvalue weighted by molar-refractivity contribution is 5.99. The molecule has 0 saturated carbocycles. The normalized spacial score (nSPS) is 15.8. The monoisotopic (exact) mass is 695 g/mol. The number of hydrogen-bond donors (Lipinski definition) is 0. The first kappa shape index (κ1) is 33.6. The minimum Gasteiger partial charge on any atom is -0.311 e. The van der Waals surface area contributed by atoms with E-state index in [4.69, 9.17) is 0 Å². The SMILES string of the molecule is C=C/C=C\C1=C(C)c2cccc(-c3cccc(N(C(/C=C\C)=C/C)c4ccc5c(c4)C(C)(C)c4ccccc4-5)c3)c2C12c1ccccc1-c1ccccc12. The minimum absolute atomic E-state index is 0.0957. The van der Waals surface area contributed by atoms with Crippen LogP contribution in [0.25, 0.3) is 39.0 Å². The van der Waals surface area contributed by atoms with Crippen LogP contribution in [0.1, 0.15) is 68.0 Å². The van der Waals surface area contributed by atoms with Gasteiger partial charge in [0.25, 0.3) is 0 Å². The van der Waals surface area contributed by atoms with Crippen LogP contribution in [0, 0.1) is 0 Å². The summed E-state index contributed by atoms with van der Waals surface area (Å²) in [6, 6.07) is 50.0. The Bertz CT molecular complexity index is 2590. The second-order valence-electron chi connectivity index (χ2n) is 15.2. The topological polar surface area (TPSA) is 3.24 Å². The zero-order valence-electron chi connectivity index (χ0n) is 31.8. The predicted molar refractivity (Wildman–Crippen MR) is 230 cm³/mol. The molecule has 0 aliphatic heterocycles. The molecule has 1 spiro atoms. The highest BCUT2D eigenvalue weighted by Crippen LogP contribution is 2.63. The van der Waals surface area contributed by atoms with Gasteiger partial charge in [-0.05, 0) is 129 Å². The van der Waals surface area contributed by atoms with Crippen molar-refractivity contribution in [1.29, 1.82) is 0 Å². The molecule has 0 heterocycles. The summed E-state index contributed by atoms with van der Waals surface area (Å²) < 4.78 is 0. The maximum atomic E-state index is 4.06. The van der Waals surface area contributed by atoms with Crippen LogP contribution in [0.4, 0.5) is 11.4 Å². The van der Waals surface area contributed by atoms with Crippen LogP contribution in [0.3, 0.4) is 0 Å². The fourth-order valence-corrected chi connectivity index (χ4v) is 9.84. The number of nitrogens with zero attached hydrogens (tertiary/aromatic N) is 1. The van der Waals surface area contributed by atoms with E-state index in [2.05, 4.69) is 210 Å². The molecule has 0 amide bonds. The van der Waals surface area contributed by atoms with Crippen LogP contribution < -0.4 is 4.90 Å². The summed E-state index contributed by atoms with van der Waals surface area (Å²) in [5, 5.41) is 0. The summed E-state index contributed by atoms with van der Waals surface area (Å²) in [4.78, 5) is 2.42. The van der Waals surface area contributed by atoms with E-state index in [9.17, 15) is 0 Å². The number of rotatable bonds is 7. The molecular weight excluding hydrogens is 651 g/mol. The Kier molecular flexibility index (Phi) is 7.94. The van der Waals surface area contributed by atoms with Gasteiger partial charge < -0.3 is 4.90 Å².